The van der Waals surface area contributed by atoms with E-state index < -0.39 is 0 Å². The van der Waals surface area contributed by atoms with Crippen molar-refractivity contribution >= 4 is 5.70 Å². The smallest absolute Gasteiger partial charge is 0.161 e. The highest BCUT2D eigenvalue weighted by molar-refractivity contribution is 5.69. The molecule has 3 rings (SSSR count). The van der Waals surface area contributed by atoms with E-state index in [-0.39, 0.29) is 18.0 Å². The first-order chi connectivity index (χ1) is 12.5. The molecule has 1 heterocycles. The summed E-state index contributed by atoms with van der Waals surface area (Å²) >= 11 is 0. The van der Waals surface area contributed by atoms with E-state index in [1.165, 1.54) is 0 Å². The molecule has 0 fully saturated rings. The van der Waals surface area contributed by atoms with Gasteiger partial charge in [-0.3, -0.25) is 5.32 Å². The highest BCUT2D eigenvalue weighted by atomic mass is 16.5. The maximum atomic E-state index is 10.3. The number of phenols is 1. The summed E-state index contributed by atoms with van der Waals surface area (Å²) in [6, 6.07) is 13.2. The Labute approximate surface area is 154 Å². The van der Waals surface area contributed by atoms with E-state index in [2.05, 4.69) is 30.6 Å². The van der Waals surface area contributed by atoms with Gasteiger partial charge < -0.3 is 19.9 Å². The van der Waals surface area contributed by atoms with Crippen LogP contribution in [0.3, 0.4) is 0 Å². The predicted octanol–water partition coefficient (Wildman–Crippen LogP) is 3.67. The summed E-state index contributed by atoms with van der Waals surface area (Å²) in [5.41, 5.74) is 2.87. The highest BCUT2D eigenvalue weighted by Crippen LogP contribution is 2.34. The zero-order valence-corrected chi connectivity index (χ0v) is 15.6. The molecular formula is C21H26N2O3. The summed E-state index contributed by atoms with van der Waals surface area (Å²) in [5, 5.41) is 17.4. The fourth-order valence-electron chi connectivity index (χ4n) is 3.14. The molecule has 2 unspecified atom stereocenters. The van der Waals surface area contributed by atoms with Gasteiger partial charge in [-0.15, -0.1) is 0 Å². The zero-order chi connectivity index (χ0) is 18.7. The Kier molecular flexibility index (Phi) is 5.38. The third-order valence-electron chi connectivity index (χ3n) is 4.64. The summed E-state index contributed by atoms with van der Waals surface area (Å²) < 4.78 is 10.8. The van der Waals surface area contributed by atoms with Crippen LogP contribution in [0, 0.1) is 5.92 Å². The number of hydrogen-bond acceptors (Lipinski definition) is 5. The largest absolute Gasteiger partial charge is 0.508 e. The number of para-hydroxylation sites is 1. The first kappa shape index (κ1) is 18.1. The molecule has 2 aromatic rings. The number of rotatable bonds is 5. The molecule has 3 N–H and O–H groups in total. The number of phenolic OH excluding ortho intramolecular Hbond substituents is 1. The number of nitrogens with one attached hydrogen (secondary N) is 2. The van der Waals surface area contributed by atoms with Crippen molar-refractivity contribution in [3.05, 3.63) is 59.7 Å². The molecule has 0 saturated heterocycles. The maximum Gasteiger partial charge on any atom is 0.161 e. The Balaban J connectivity index is 2.02. The van der Waals surface area contributed by atoms with Crippen molar-refractivity contribution in [2.75, 3.05) is 14.2 Å². The molecule has 5 heteroatoms. The average Bonchev–Trinajstić information content (AvgIpc) is 2.67. The van der Waals surface area contributed by atoms with Gasteiger partial charge in [-0.05, 0) is 36.3 Å². The molecule has 0 aromatic heterocycles. The standard InChI is InChI=1S/C21H26N2O3/c1-13(2)21-22-16(14-9-10-19(25-3)20(11-14)26-4)12-17(23-21)15-7-5-6-8-18(15)24/h5-13,17,21-24H,1-4H3. The van der Waals surface area contributed by atoms with Gasteiger partial charge in [-0.25, -0.2) is 0 Å². The topological polar surface area (TPSA) is 62.8 Å². The monoisotopic (exact) mass is 354 g/mol. The quantitative estimate of drug-likeness (QED) is 0.765. The second-order valence-electron chi connectivity index (χ2n) is 6.72. The first-order valence-electron chi connectivity index (χ1n) is 8.78. The molecule has 0 amide bonds. The summed E-state index contributed by atoms with van der Waals surface area (Å²) in [6.45, 7) is 4.31. The van der Waals surface area contributed by atoms with E-state index in [9.17, 15) is 5.11 Å². The molecule has 0 saturated carbocycles. The van der Waals surface area contributed by atoms with Crippen molar-refractivity contribution in [1.29, 1.82) is 0 Å². The van der Waals surface area contributed by atoms with Gasteiger partial charge in [0.25, 0.3) is 0 Å². The Morgan fingerprint density at radius 3 is 2.38 bits per heavy atom. The number of aromatic hydroxyl groups is 1. The Bertz CT molecular complexity index is 802. The van der Waals surface area contributed by atoms with Gasteiger partial charge in [-0.1, -0.05) is 32.0 Å². The van der Waals surface area contributed by atoms with E-state index in [1.807, 2.05) is 36.4 Å². The fourth-order valence-corrected chi connectivity index (χ4v) is 3.14. The van der Waals surface area contributed by atoms with Gasteiger partial charge in [0.2, 0.25) is 0 Å². The minimum atomic E-state index is -0.0899. The van der Waals surface area contributed by atoms with Gasteiger partial charge in [0.15, 0.2) is 11.5 Å². The van der Waals surface area contributed by atoms with Crippen LogP contribution in [0.1, 0.15) is 31.0 Å². The Morgan fingerprint density at radius 2 is 1.73 bits per heavy atom. The third-order valence-corrected chi connectivity index (χ3v) is 4.64. The summed E-state index contributed by atoms with van der Waals surface area (Å²) in [7, 11) is 3.26. The summed E-state index contributed by atoms with van der Waals surface area (Å²) in [4.78, 5) is 0. The molecule has 0 radical (unpaired) electrons. The molecule has 5 nitrogen and oxygen atoms in total. The lowest BCUT2D eigenvalue weighted by molar-refractivity contribution is 0.334. The lowest BCUT2D eigenvalue weighted by atomic mass is 9.97. The third kappa shape index (κ3) is 3.63. The van der Waals surface area contributed by atoms with Crippen LogP contribution in [0.4, 0.5) is 0 Å². The molecule has 0 spiro atoms. The first-order valence-corrected chi connectivity index (χ1v) is 8.78. The molecule has 2 aromatic carbocycles. The lowest BCUT2D eigenvalue weighted by Gasteiger charge is -2.35. The van der Waals surface area contributed by atoms with Gasteiger partial charge in [0.1, 0.15) is 5.75 Å². The Hall–Kier alpha value is -2.66. The number of methoxy groups -OCH3 is 2. The molecule has 2 atom stereocenters. The van der Waals surface area contributed by atoms with E-state index in [0.717, 1.165) is 16.8 Å². The minimum absolute atomic E-state index is 0.0766. The van der Waals surface area contributed by atoms with E-state index in [4.69, 9.17) is 9.47 Å². The van der Waals surface area contributed by atoms with Crippen LogP contribution >= 0.6 is 0 Å². The van der Waals surface area contributed by atoms with Crippen LogP contribution in [0.25, 0.3) is 5.70 Å². The van der Waals surface area contributed by atoms with E-state index in [1.54, 1.807) is 20.3 Å². The van der Waals surface area contributed by atoms with Crippen LogP contribution in [0.2, 0.25) is 0 Å². The van der Waals surface area contributed by atoms with Crippen LogP contribution in [-0.2, 0) is 0 Å². The molecule has 138 valence electrons. The van der Waals surface area contributed by atoms with Crippen molar-refractivity contribution in [1.82, 2.24) is 10.6 Å². The maximum absolute atomic E-state index is 10.3. The van der Waals surface area contributed by atoms with Gasteiger partial charge in [-0.2, -0.15) is 0 Å². The second kappa shape index (κ2) is 7.70. The van der Waals surface area contributed by atoms with E-state index >= 15 is 0 Å². The number of benzene rings is 2. The average molecular weight is 354 g/mol. The molecule has 0 aliphatic carbocycles. The molecular weight excluding hydrogens is 328 g/mol. The van der Waals surface area contributed by atoms with Gasteiger partial charge >= 0.3 is 0 Å². The fraction of sp³-hybridized carbons (Fsp3) is 0.333. The van der Waals surface area contributed by atoms with Crippen molar-refractivity contribution in [2.45, 2.75) is 26.1 Å². The van der Waals surface area contributed by atoms with Gasteiger partial charge in [0, 0.05) is 16.8 Å². The van der Waals surface area contributed by atoms with Crippen molar-refractivity contribution < 1.29 is 14.6 Å². The van der Waals surface area contributed by atoms with E-state index in [0.29, 0.717) is 17.4 Å². The van der Waals surface area contributed by atoms with Crippen molar-refractivity contribution in [2.24, 2.45) is 5.92 Å². The SMILES string of the molecule is COc1ccc(C2=CC(c3ccccc3O)NC(C(C)C)N2)cc1OC. The zero-order valence-electron chi connectivity index (χ0n) is 15.6. The van der Waals surface area contributed by atoms with Crippen LogP contribution in [0.5, 0.6) is 17.2 Å². The predicted molar refractivity (Wildman–Crippen MR) is 103 cm³/mol. The number of hydrogen-bond donors (Lipinski definition) is 3. The molecule has 26 heavy (non-hydrogen) atoms. The summed E-state index contributed by atoms with van der Waals surface area (Å²) in [5.74, 6) is 2.04. The number of ether oxygens (including phenoxy) is 2. The molecule has 1 aliphatic heterocycles. The lowest BCUT2D eigenvalue weighted by Crippen LogP contribution is -2.49. The highest BCUT2D eigenvalue weighted by Gasteiger charge is 2.26. The van der Waals surface area contributed by atoms with Crippen molar-refractivity contribution in [3.8, 4) is 17.2 Å². The second-order valence-corrected chi connectivity index (χ2v) is 6.72. The van der Waals surface area contributed by atoms with Crippen LogP contribution in [-0.4, -0.2) is 25.5 Å². The van der Waals surface area contributed by atoms with Crippen molar-refractivity contribution in [3.63, 3.8) is 0 Å². The van der Waals surface area contributed by atoms with Crippen LogP contribution < -0.4 is 20.1 Å². The van der Waals surface area contributed by atoms with Crippen LogP contribution in [0.15, 0.2) is 48.5 Å². The summed E-state index contributed by atoms with van der Waals surface area (Å²) in [6.07, 6.45) is 2.17. The molecule has 1 aliphatic rings. The Morgan fingerprint density at radius 1 is 1.00 bits per heavy atom. The van der Waals surface area contributed by atoms with Gasteiger partial charge in [0.05, 0.1) is 26.4 Å². The normalized spacial score (nSPS) is 19.7. The minimum Gasteiger partial charge on any atom is -0.508 e. The molecule has 0 bridgehead atoms.